The van der Waals surface area contributed by atoms with E-state index in [9.17, 15) is 0 Å². The van der Waals surface area contributed by atoms with Gasteiger partial charge in [0.15, 0.2) is 0 Å². The molecule has 3 N–H and O–H groups in total. The molecule has 0 radical (unpaired) electrons. The van der Waals surface area contributed by atoms with Crippen molar-refractivity contribution >= 4 is 28.2 Å². The maximum Gasteiger partial charge on any atom is 0.219 e. The van der Waals surface area contributed by atoms with Crippen LogP contribution in [0.5, 0.6) is 0 Å². The lowest BCUT2D eigenvalue weighted by Crippen LogP contribution is -2.05. The van der Waals surface area contributed by atoms with Crippen molar-refractivity contribution in [3.05, 3.63) is 35.3 Å². The van der Waals surface area contributed by atoms with Crippen molar-refractivity contribution in [1.82, 2.24) is 30.4 Å². The number of nitrogens with one attached hydrogen (secondary N) is 1. The largest absolute Gasteiger partial charge is 0.298 e. The second-order valence-corrected chi connectivity index (χ2v) is 5.65. The van der Waals surface area contributed by atoms with Gasteiger partial charge >= 0.3 is 0 Å². The Morgan fingerprint density at radius 1 is 1.20 bits per heavy atom. The highest BCUT2D eigenvalue weighted by Crippen LogP contribution is 2.25. The summed E-state index contributed by atoms with van der Waals surface area (Å²) in [5.74, 6) is 5.90. The van der Waals surface area contributed by atoms with Gasteiger partial charge in [0.2, 0.25) is 10.3 Å². The van der Waals surface area contributed by atoms with Crippen LogP contribution >= 0.6 is 23.1 Å². The van der Waals surface area contributed by atoms with Gasteiger partial charge in [-0.05, 0) is 22.6 Å². The smallest absolute Gasteiger partial charge is 0.219 e. The Hall–Kier alpha value is -2.04. The molecule has 3 aromatic rings. The van der Waals surface area contributed by atoms with Crippen molar-refractivity contribution in [2.24, 2.45) is 5.84 Å². The zero-order valence-corrected chi connectivity index (χ0v) is 11.8. The molecular formula is C10H10N8S2. The molecule has 3 rings (SSSR count). The van der Waals surface area contributed by atoms with Gasteiger partial charge in [0, 0.05) is 0 Å². The number of para-hydroxylation sites is 1. The van der Waals surface area contributed by atoms with Crippen LogP contribution in [0, 0.1) is 0 Å². The van der Waals surface area contributed by atoms with E-state index in [4.69, 9.17) is 5.84 Å². The Labute approximate surface area is 122 Å². The average molecular weight is 306 g/mol. The van der Waals surface area contributed by atoms with Gasteiger partial charge in [-0.1, -0.05) is 41.3 Å². The number of nitrogens with zero attached hydrogens (tertiary/aromatic N) is 6. The zero-order chi connectivity index (χ0) is 13.8. The molecule has 10 heteroatoms. The van der Waals surface area contributed by atoms with Crippen LogP contribution in [0.25, 0.3) is 5.69 Å². The van der Waals surface area contributed by atoms with E-state index < -0.39 is 0 Å². The van der Waals surface area contributed by atoms with Gasteiger partial charge in [0.25, 0.3) is 0 Å². The molecule has 0 amide bonds. The quantitative estimate of drug-likeness (QED) is 0.410. The van der Waals surface area contributed by atoms with E-state index in [0.717, 1.165) is 10.7 Å². The second kappa shape index (κ2) is 5.94. The van der Waals surface area contributed by atoms with E-state index in [-0.39, 0.29) is 0 Å². The number of hydrogen-bond donors (Lipinski definition) is 2. The Morgan fingerprint density at radius 3 is 2.80 bits per heavy atom. The van der Waals surface area contributed by atoms with Crippen molar-refractivity contribution in [3.63, 3.8) is 0 Å². The van der Waals surface area contributed by atoms with Gasteiger partial charge in [-0.3, -0.25) is 5.43 Å². The summed E-state index contributed by atoms with van der Waals surface area (Å²) in [6.07, 6.45) is 0. The third-order valence-corrected chi connectivity index (χ3v) is 4.32. The summed E-state index contributed by atoms with van der Waals surface area (Å²) in [7, 11) is 0. The van der Waals surface area contributed by atoms with Gasteiger partial charge in [-0.2, -0.15) is 4.68 Å². The summed E-state index contributed by atoms with van der Waals surface area (Å²) in [5, 5.41) is 21.7. The molecule has 0 aliphatic carbocycles. The highest BCUT2D eigenvalue weighted by Gasteiger charge is 2.10. The summed E-state index contributed by atoms with van der Waals surface area (Å²) in [4.78, 5) is 0. The Kier molecular flexibility index (Phi) is 3.85. The van der Waals surface area contributed by atoms with Crippen LogP contribution in [0.15, 0.2) is 35.5 Å². The number of aromatic nitrogens is 6. The number of nitrogens with two attached hydrogens (primary N) is 1. The number of nitrogen functional groups attached to an aromatic ring is 1. The summed E-state index contributed by atoms with van der Waals surface area (Å²) in [6, 6.07) is 9.72. The first-order valence-corrected chi connectivity index (χ1v) is 7.42. The average Bonchev–Trinajstić information content (AvgIpc) is 3.15. The van der Waals surface area contributed by atoms with Crippen LogP contribution in [-0.4, -0.2) is 30.4 Å². The third-order valence-electron chi connectivity index (χ3n) is 2.36. The van der Waals surface area contributed by atoms with Crippen molar-refractivity contribution in [3.8, 4) is 5.69 Å². The topological polar surface area (TPSA) is 107 Å². The zero-order valence-electron chi connectivity index (χ0n) is 10.2. The molecule has 102 valence electrons. The molecule has 8 nitrogen and oxygen atoms in total. The predicted octanol–water partition coefficient (Wildman–Crippen LogP) is 1.09. The first-order chi connectivity index (χ1) is 9.86. The van der Waals surface area contributed by atoms with Crippen LogP contribution in [0.1, 0.15) is 5.01 Å². The monoisotopic (exact) mass is 306 g/mol. The molecule has 0 atom stereocenters. The molecule has 0 aliphatic heterocycles. The maximum atomic E-state index is 5.27. The molecule has 20 heavy (non-hydrogen) atoms. The fraction of sp³-hybridized carbons (Fsp3) is 0.100. The molecule has 0 bridgehead atoms. The lowest BCUT2D eigenvalue weighted by Gasteiger charge is -2.02. The first kappa shape index (κ1) is 13.0. The molecule has 2 heterocycles. The number of hydrazine groups is 1. The summed E-state index contributed by atoms with van der Waals surface area (Å²) >= 11 is 2.89. The van der Waals surface area contributed by atoms with Gasteiger partial charge in [0.1, 0.15) is 5.01 Å². The third kappa shape index (κ3) is 2.76. The second-order valence-electron chi connectivity index (χ2n) is 3.64. The van der Waals surface area contributed by atoms with E-state index in [2.05, 4.69) is 31.1 Å². The van der Waals surface area contributed by atoms with Crippen molar-refractivity contribution in [1.29, 1.82) is 0 Å². The summed E-state index contributed by atoms with van der Waals surface area (Å²) in [6.45, 7) is 0. The van der Waals surface area contributed by atoms with Crippen LogP contribution in [0.2, 0.25) is 0 Å². The molecule has 1 aromatic carbocycles. The lowest BCUT2D eigenvalue weighted by atomic mass is 10.3. The standard InChI is InChI=1S/C10H10N8S2/c11-12-9-14-13-8(20-9)6-19-10-15-16-17-18(10)7-4-2-1-3-5-7/h1-5H,6,11H2,(H,12,14). The van der Waals surface area contributed by atoms with E-state index in [1.54, 1.807) is 4.68 Å². The molecule has 2 aromatic heterocycles. The molecule has 0 spiro atoms. The molecule has 0 saturated heterocycles. The van der Waals surface area contributed by atoms with Crippen molar-refractivity contribution in [2.45, 2.75) is 10.9 Å². The van der Waals surface area contributed by atoms with E-state index >= 15 is 0 Å². The SMILES string of the molecule is NNc1nnc(CSc2nnnn2-c2ccccc2)s1. The Bertz CT molecular complexity index is 679. The van der Waals surface area contributed by atoms with Crippen LogP contribution in [0.4, 0.5) is 5.13 Å². The minimum absolute atomic E-state index is 0.586. The van der Waals surface area contributed by atoms with E-state index in [0.29, 0.717) is 16.0 Å². The summed E-state index contributed by atoms with van der Waals surface area (Å²) in [5.41, 5.74) is 3.39. The Morgan fingerprint density at radius 2 is 2.05 bits per heavy atom. The summed E-state index contributed by atoms with van der Waals surface area (Å²) < 4.78 is 1.69. The normalized spacial score (nSPS) is 10.7. The highest BCUT2D eigenvalue weighted by atomic mass is 32.2. The van der Waals surface area contributed by atoms with Crippen LogP contribution in [-0.2, 0) is 5.75 Å². The predicted molar refractivity (Wildman–Crippen MR) is 76.4 cm³/mol. The molecular weight excluding hydrogens is 296 g/mol. The number of anilines is 1. The number of thioether (sulfide) groups is 1. The lowest BCUT2D eigenvalue weighted by molar-refractivity contribution is 0.756. The van der Waals surface area contributed by atoms with Gasteiger partial charge < -0.3 is 0 Å². The van der Waals surface area contributed by atoms with Crippen molar-refractivity contribution in [2.75, 3.05) is 5.43 Å². The minimum atomic E-state index is 0.586. The molecule has 0 saturated carbocycles. The number of rotatable bonds is 5. The number of tetrazole rings is 1. The maximum absolute atomic E-state index is 5.27. The molecule has 0 aliphatic rings. The first-order valence-electron chi connectivity index (χ1n) is 5.62. The van der Waals surface area contributed by atoms with Crippen molar-refractivity contribution < 1.29 is 0 Å². The fourth-order valence-corrected chi connectivity index (χ4v) is 3.02. The molecule has 0 fully saturated rings. The van der Waals surface area contributed by atoms with E-state index in [1.807, 2.05) is 30.3 Å². The van der Waals surface area contributed by atoms with Crippen LogP contribution < -0.4 is 11.3 Å². The fourth-order valence-electron chi connectivity index (χ4n) is 1.50. The van der Waals surface area contributed by atoms with E-state index in [1.165, 1.54) is 23.1 Å². The van der Waals surface area contributed by atoms with Gasteiger partial charge in [0.05, 0.1) is 11.4 Å². The minimum Gasteiger partial charge on any atom is -0.298 e. The number of hydrogen-bond acceptors (Lipinski definition) is 9. The van der Waals surface area contributed by atoms with Gasteiger partial charge in [-0.15, -0.1) is 15.3 Å². The Balaban J connectivity index is 1.74. The van der Waals surface area contributed by atoms with Crippen LogP contribution in [0.3, 0.4) is 0 Å². The van der Waals surface area contributed by atoms with Gasteiger partial charge in [-0.25, -0.2) is 5.84 Å². The highest BCUT2D eigenvalue weighted by molar-refractivity contribution is 7.98. The molecule has 0 unspecified atom stereocenters. The number of benzene rings is 1.